The molecule has 0 radical (unpaired) electrons. The minimum Gasteiger partial charge on any atom is -0.325 e. The van der Waals surface area contributed by atoms with E-state index < -0.39 is 0 Å². The maximum atomic E-state index is 12.5. The van der Waals surface area contributed by atoms with E-state index in [1.807, 2.05) is 18.2 Å². The molecule has 1 amide bonds. The van der Waals surface area contributed by atoms with E-state index in [-0.39, 0.29) is 5.91 Å². The molecular formula is C17H19N5OS. The number of carbonyl (C=O) groups is 1. The summed E-state index contributed by atoms with van der Waals surface area (Å²) in [5.41, 5.74) is 7.94. The second kappa shape index (κ2) is 6.33. The summed E-state index contributed by atoms with van der Waals surface area (Å²) in [4.78, 5) is 21.4. The van der Waals surface area contributed by atoms with Crippen LogP contribution in [-0.2, 0) is 6.54 Å². The van der Waals surface area contributed by atoms with Crippen LogP contribution in [0.25, 0.3) is 11.0 Å². The van der Waals surface area contributed by atoms with Crippen LogP contribution in [0, 0.1) is 0 Å². The molecule has 0 saturated heterocycles. The normalized spacial score (nSPS) is 15.2. The van der Waals surface area contributed by atoms with Gasteiger partial charge in [0.15, 0.2) is 0 Å². The van der Waals surface area contributed by atoms with Crippen LogP contribution in [0.3, 0.4) is 0 Å². The highest BCUT2D eigenvalue weighted by molar-refractivity contribution is 7.09. The van der Waals surface area contributed by atoms with Crippen molar-refractivity contribution in [2.75, 3.05) is 5.32 Å². The lowest BCUT2D eigenvalue weighted by atomic mass is 10.2. The van der Waals surface area contributed by atoms with Gasteiger partial charge in [0.25, 0.3) is 5.91 Å². The summed E-state index contributed by atoms with van der Waals surface area (Å²) in [7, 11) is 0. The molecule has 124 valence electrons. The number of imidazole rings is 1. The highest BCUT2D eigenvalue weighted by atomic mass is 32.1. The fourth-order valence-electron chi connectivity index (χ4n) is 3.34. The van der Waals surface area contributed by atoms with Crippen LogP contribution >= 0.6 is 11.3 Å². The second-order valence-corrected chi connectivity index (χ2v) is 6.96. The number of amides is 1. The maximum Gasteiger partial charge on any atom is 0.277 e. The molecule has 2 aromatic heterocycles. The van der Waals surface area contributed by atoms with Gasteiger partial charge in [-0.05, 0) is 25.0 Å². The average Bonchev–Trinajstić information content (AvgIpc) is 3.33. The van der Waals surface area contributed by atoms with E-state index in [0.29, 0.717) is 24.2 Å². The number of carbonyl (C=O) groups excluding carboxylic acids is 1. The Morgan fingerprint density at radius 3 is 2.83 bits per heavy atom. The van der Waals surface area contributed by atoms with E-state index in [1.54, 1.807) is 5.38 Å². The van der Waals surface area contributed by atoms with Gasteiger partial charge in [0.05, 0.1) is 11.0 Å². The number of thiazole rings is 1. The van der Waals surface area contributed by atoms with Crippen molar-refractivity contribution in [2.45, 2.75) is 38.3 Å². The van der Waals surface area contributed by atoms with E-state index in [1.165, 1.54) is 24.2 Å². The molecule has 1 aliphatic carbocycles. The Morgan fingerprint density at radius 2 is 2.08 bits per heavy atom. The molecule has 1 fully saturated rings. The van der Waals surface area contributed by atoms with Gasteiger partial charge in [0.1, 0.15) is 10.7 Å². The summed E-state index contributed by atoms with van der Waals surface area (Å²) < 4.78 is 2.18. The molecule has 0 aliphatic heterocycles. The zero-order chi connectivity index (χ0) is 16.5. The molecular weight excluding hydrogens is 322 g/mol. The standard InChI is InChI=1S/C17H19N5OS/c18-9-15-19-13(10-24-15)16(23)21-17-20-12-7-3-4-8-14(12)22(17)11-5-1-2-6-11/h3-4,7-8,10-11H,1-2,5-6,9,18H2,(H,20,21,23). The Kier molecular flexibility index (Phi) is 4.03. The van der Waals surface area contributed by atoms with Gasteiger partial charge >= 0.3 is 0 Å². The molecule has 0 unspecified atom stereocenters. The van der Waals surface area contributed by atoms with E-state index in [4.69, 9.17) is 5.73 Å². The largest absolute Gasteiger partial charge is 0.325 e. The Morgan fingerprint density at radius 1 is 1.29 bits per heavy atom. The molecule has 7 heteroatoms. The van der Waals surface area contributed by atoms with Crippen LogP contribution in [0.15, 0.2) is 29.6 Å². The quantitative estimate of drug-likeness (QED) is 0.762. The number of nitrogens with two attached hydrogens (primary N) is 1. The third-order valence-electron chi connectivity index (χ3n) is 4.47. The van der Waals surface area contributed by atoms with Crippen LogP contribution in [0.1, 0.15) is 47.2 Å². The Balaban J connectivity index is 1.70. The van der Waals surface area contributed by atoms with Gasteiger partial charge < -0.3 is 10.3 Å². The maximum absolute atomic E-state index is 12.5. The number of hydrogen-bond acceptors (Lipinski definition) is 5. The molecule has 24 heavy (non-hydrogen) atoms. The van der Waals surface area contributed by atoms with Crippen LogP contribution in [0.2, 0.25) is 0 Å². The first-order chi connectivity index (χ1) is 11.8. The van der Waals surface area contributed by atoms with Crippen molar-refractivity contribution in [3.05, 3.63) is 40.3 Å². The van der Waals surface area contributed by atoms with Crippen molar-refractivity contribution in [2.24, 2.45) is 5.73 Å². The zero-order valence-electron chi connectivity index (χ0n) is 13.2. The fourth-order valence-corrected chi connectivity index (χ4v) is 3.99. The number of rotatable bonds is 4. The predicted octanol–water partition coefficient (Wildman–Crippen LogP) is 3.32. The van der Waals surface area contributed by atoms with E-state index in [0.717, 1.165) is 28.9 Å². The third kappa shape index (κ3) is 2.70. The molecule has 6 nitrogen and oxygen atoms in total. The first-order valence-corrected chi connectivity index (χ1v) is 9.07. The lowest BCUT2D eigenvalue weighted by Crippen LogP contribution is -2.18. The minimum absolute atomic E-state index is 0.236. The van der Waals surface area contributed by atoms with E-state index in [9.17, 15) is 4.79 Å². The number of fused-ring (bicyclic) bond motifs is 1. The van der Waals surface area contributed by atoms with Crippen molar-refractivity contribution in [1.82, 2.24) is 14.5 Å². The molecule has 2 heterocycles. The summed E-state index contributed by atoms with van der Waals surface area (Å²) >= 11 is 1.40. The van der Waals surface area contributed by atoms with Gasteiger partial charge in [-0.3, -0.25) is 10.1 Å². The number of anilines is 1. The highest BCUT2D eigenvalue weighted by Gasteiger charge is 2.24. The molecule has 0 spiro atoms. The number of nitrogens with one attached hydrogen (secondary N) is 1. The lowest BCUT2D eigenvalue weighted by Gasteiger charge is -2.16. The van der Waals surface area contributed by atoms with Gasteiger partial charge in [-0.25, -0.2) is 9.97 Å². The summed E-state index contributed by atoms with van der Waals surface area (Å²) in [6.45, 7) is 0.346. The van der Waals surface area contributed by atoms with Gasteiger partial charge in [-0.15, -0.1) is 11.3 Å². The van der Waals surface area contributed by atoms with Crippen molar-refractivity contribution in [3.8, 4) is 0 Å². The van der Waals surface area contributed by atoms with E-state index in [2.05, 4.69) is 25.9 Å². The average molecular weight is 341 g/mol. The SMILES string of the molecule is NCc1nc(C(=O)Nc2nc3ccccc3n2C2CCCC2)cs1. The first kappa shape index (κ1) is 15.3. The van der Waals surface area contributed by atoms with Crippen LogP contribution in [-0.4, -0.2) is 20.4 Å². The van der Waals surface area contributed by atoms with Gasteiger partial charge in [-0.1, -0.05) is 25.0 Å². The van der Waals surface area contributed by atoms with Crippen LogP contribution < -0.4 is 11.1 Å². The molecule has 0 atom stereocenters. The number of hydrogen-bond donors (Lipinski definition) is 2. The predicted molar refractivity (Wildman–Crippen MR) is 95.2 cm³/mol. The van der Waals surface area contributed by atoms with Gasteiger partial charge in [0, 0.05) is 18.0 Å². The zero-order valence-corrected chi connectivity index (χ0v) is 14.1. The Hall–Kier alpha value is -2.25. The van der Waals surface area contributed by atoms with Crippen LogP contribution in [0.5, 0.6) is 0 Å². The Labute approximate surface area is 143 Å². The van der Waals surface area contributed by atoms with Crippen molar-refractivity contribution in [1.29, 1.82) is 0 Å². The highest BCUT2D eigenvalue weighted by Crippen LogP contribution is 2.35. The van der Waals surface area contributed by atoms with Crippen molar-refractivity contribution < 1.29 is 4.79 Å². The summed E-state index contributed by atoms with van der Waals surface area (Å²) in [5, 5.41) is 5.44. The van der Waals surface area contributed by atoms with Gasteiger partial charge in [-0.2, -0.15) is 0 Å². The van der Waals surface area contributed by atoms with Crippen molar-refractivity contribution >= 4 is 34.2 Å². The van der Waals surface area contributed by atoms with Crippen molar-refractivity contribution in [3.63, 3.8) is 0 Å². The minimum atomic E-state index is -0.236. The number of nitrogens with zero attached hydrogens (tertiary/aromatic N) is 3. The smallest absolute Gasteiger partial charge is 0.277 e. The molecule has 0 bridgehead atoms. The summed E-state index contributed by atoms with van der Waals surface area (Å²) in [6, 6.07) is 8.41. The molecule has 1 saturated carbocycles. The van der Waals surface area contributed by atoms with Crippen LogP contribution in [0.4, 0.5) is 5.95 Å². The molecule has 4 rings (SSSR count). The van der Waals surface area contributed by atoms with E-state index >= 15 is 0 Å². The summed E-state index contributed by atoms with van der Waals surface area (Å²) in [5.74, 6) is 0.371. The molecule has 3 aromatic rings. The fraction of sp³-hybridized carbons (Fsp3) is 0.353. The first-order valence-electron chi connectivity index (χ1n) is 8.19. The number of benzene rings is 1. The van der Waals surface area contributed by atoms with Gasteiger partial charge in [0.2, 0.25) is 5.95 Å². The number of aromatic nitrogens is 3. The lowest BCUT2D eigenvalue weighted by molar-refractivity contribution is 0.102. The number of para-hydroxylation sites is 2. The summed E-state index contributed by atoms with van der Waals surface area (Å²) in [6.07, 6.45) is 4.68. The topological polar surface area (TPSA) is 85.8 Å². The second-order valence-electron chi connectivity index (χ2n) is 6.02. The third-order valence-corrected chi connectivity index (χ3v) is 5.34. The molecule has 3 N–H and O–H groups in total. The monoisotopic (exact) mass is 341 g/mol. The molecule has 1 aliphatic rings. The molecule has 1 aromatic carbocycles. The Bertz CT molecular complexity index is 878.